The number of aliphatic carboxylic acids is 1. The molecule has 2 aromatic heterocycles. The Hall–Kier alpha value is -2.44. The fourth-order valence-electron chi connectivity index (χ4n) is 1.60. The number of nitrogens with one attached hydrogen (secondary N) is 1. The van der Waals surface area contributed by atoms with Crippen molar-refractivity contribution < 1.29 is 19.1 Å². The summed E-state index contributed by atoms with van der Waals surface area (Å²) in [6.45, 7) is 0.182. The summed E-state index contributed by atoms with van der Waals surface area (Å²) in [6, 6.07) is 2.84. The molecule has 0 saturated carbocycles. The fraction of sp³-hybridized carbons (Fsp3) is 0.250. The lowest BCUT2D eigenvalue weighted by Crippen LogP contribution is -2.23. The van der Waals surface area contributed by atoms with E-state index in [0.29, 0.717) is 11.3 Å². The molecule has 0 spiro atoms. The first-order valence-corrected chi connectivity index (χ1v) is 5.66. The lowest BCUT2D eigenvalue weighted by Gasteiger charge is -2.00. The van der Waals surface area contributed by atoms with Gasteiger partial charge in [0.15, 0.2) is 0 Å². The van der Waals surface area contributed by atoms with Crippen LogP contribution in [0.25, 0.3) is 5.65 Å². The second kappa shape index (κ2) is 5.47. The highest BCUT2D eigenvalue weighted by Gasteiger charge is 2.07. The van der Waals surface area contributed by atoms with Gasteiger partial charge in [0, 0.05) is 18.8 Å². The zero-order valence-corrected chi connectivity index (χ0v) is 9.97. The summed E-state index contributed by atoms with van der Waals surface area (Å²) in [5.41, 5.74) is 1.16. The molecule has 0 aliphatic heterocycles. The molecule has 0 unspecified atom stereocenters. The Balaban J connectivity index is 1.94. The maximum atomic E-state index is 13.0. The highest BCUT2D eigenvalue weighted by Crippen LogP contribution is 2.06. The number of hydrogen-bond acceptors (Lipinski definition) is 3. The van der Waals surface area contributed by atoms with Gasteiger partial charge in [-0.1, -0.05) is 0 Å². The highest BCUT2D eigenvalue weighted by molar-refractivity contribution is 5.80. The van der Waals surface area contributed by atoms with Gasteiger partial charge in [-0.05, 0) is 12.1 Å². The van der Waals surface area contributed by atoms with Gasteiger partial charge in [-0.3, -0.25) is 9.59 Å². The van der Waals surface area contributed by atoms with Gasteiger partial charge < -0.3 is 14.8 Å². The van der Waals surface area contributed by atoms with Gasteiger partial charge >= 0.3 is 5.97 Å². The van der Waals surface area contributed by atoms with Crippen molar-refractivity contribution >= 4 is 17.5 Å². The Labute approximate surface area is 107 Å². The quantitative estimate of drug-likeness (QED) is 0.843. The molecular formula is C12H12FN3O3. The average molecular weight is 265 g/mol. The molecule has 2 aromatic rings. The molecule has 7 heteroatoms. The minimum atomic E-state index is -1.02. The Kier molecular flexibility index (Phi) is 3.74. The summed E-state index contributed by atoms with van der Waals surface area (Å²) in [4.78, 5) is 25.8. The van der Waals surface area contributed by atoms with Crippen molar-refractivity contribution in [3.05, 3.63) is 36.0 Å². The van der Waals surface area contributed by atoms with Gasteiger partial charge in [0.2, 0.25) is 5.91 Å². The normalized spacial score (nSPS) is 10.6. The number of carboxylic acid groups (broad SMARTS) is 1. The number of amides is 1. The van der Waals surface area contributed by atoms with Crippen LogP contribution in [0.2, 0.25) is 0 Å². The van der Waals surface area contributed by atoms with Gasteiger partial charge in [0.25, 0.3) is 0 Å². The van der Waals surface area contributed by atoms with Gasteiger partial charge in [-0.25, -0.2) is 9.37 Å². The van der Waals surface area contributed by atoms with Crippen LogP contribution in [0.15, 0.2) is 24.5 Å². The standard InChI is InChI=1S/C12H12FN3O3/c13-8-1-2-10-15-9(7-16(10)6-8)5-14-11(17)3-4-12(18)19/h1-2,6-7H,3-5H2,(H,14,17)(H,18,19). The summed E-state index contributed by atoms with van der Waals surface area (Å²) in [6.07, 6.45) is 2.62. The molecule has 2 rings (SSSR count). The molecule has 19 heavy (non-hydrogen) atoms. The molecule has 100 valence electrons. The van der Waals surface area contributed by atoms with E-state index in [1.54, 1.807) is 6.20 Å². The van der Waals surface area contributed by atoms with Gasteiger partial charge in [0.1, 0.15) is 11.5 Å². The second-order valence-electron chi connectivity index (χ2n) is 4.02. The van der Waals surface area contributed by atoms with Crippen LogP contribution in [0.3, 0.4) is 0 Å². The van der Waals surface area contributed by atoms with Crippen LogP contribution in [0, 0.1) is 5.82 Å². The number of carbonyl (C=O) groups excluding carboxylic acids is 1. The SMILES string of the molecule is O=C(O)CCC(=O)NCc1cn2cc(F)ccc2n1. The molecule has 2 N–H and O–H groups in total. The van der Waals surface area contributed by atoms with Crippen molar-refractivity contribution in [2.45, 2.75) is 19.4 Å². The number of carbonyl (C=O) groups is 2. The first-order valence-electron chi connectivity index (χ1n) is 5.66. The van der Waals surface area contributed by atoms with Crippen molar-refractivity contribution in [2.75, 3.05) is 0 Å². The maximum absolute atomic E-state index is 13.0. The number of pyridine rings is 1. The van der Waals surface area contributed by atoms with E-state index in [9.17, 15) is 14.0 Å². The van der Waals surface area contributed by atoms with E-state index in [4.69, 9.17) is 5.11 Å². The number of fused-ring (bicyclic) bond motifs is 1. The largest absolute Gasteiger partial charge is 0.481 e. The summed E-state index contributed by atoms with van der Waals surface area (Å²) in [5, 5.41) is 11.0. The van der Waals surface area contributed by atoms with Crippen molar-refractivity contribution in [1.82, 2.24) is 14.7 Å². The number of nitrogens with zero attached hydrogens (tertiary/aromatic N) is 2. The molecule has 0 fully saturated rings. The van der Waals surface area contributed by atoms with Crippen LogP contribution in [0.4, 0.5) is 4.39 Å². The predicted molar refractivity (Wildman–Crippen MR) is 63.9 cm³/mol. The van der Waals surface area contributed by atoms with Crippen molar-refractivity contribution in [3.63, 3.8) is 0 Å². The molecule has 0 aromatic carbocycles. The molecule has 0 aliphatic rings. The average Bonchev–Trinajstić information content (AvgIpc) is 2.75. The maximum Gasteiger partial charge on any atom is 0.303 e. The Morgan fingerprint density at radius 1 is 1.32 bits per heavy atom. The van der Waals surface area contributed by atoms with E-state index in [1.807, 2.05) is 0 Å². The van der Waals surface area contributed by atoms with E-state index >= 15 is 0 Å². The lowest BCUT2D eigenvalue weighted by molar-refractivity contribution is -0.138. The zero-order valence-electron chi connectivity index (χ0n) is 9.97. The summed E-state index contributed by atoms with van der Waals surface area (Å²) < 4.78 is 14.5. The third kappa shape index (κ3) is 3.51. The number of aromatic nitrogens is 2. The number of halogens is 1. The van der Waals surface area contributed by atoms with E-state index in [-0.39, 0.29) is 31.1 Å². The molecule has 0 bridgehead atoms. The van der Waals surface area contributed by atoms with Gasteiger partial charge in [-0.15, -0.1) is 0 Å². The van der Waals surface area contributed by atoms with E-state index < -0.39 is 5.97 Å². The fourth-order valence-corrected chi connectivity index (χ4v) is 1.60. The first kappa shape index (κ1) is 13.0. The summed E-state index contributed by atoms with van der Waals surface area (Å²) in [5.74, 6) is -1.74. The monoisotopic (exact) mass is 265 g/mol. The van der Waals surface area contributed by atoms with Crippen LogP contribution in [0.5, 0.6) is 0 Å². The number of imidazole rings is 1. The molecule has 2 heterocycles. The number of rotatable bonds is 5. The van der Waals surface area contributed by atoms with Crippen molar-refractivity contribution in [1.29, 1.82) is 0 Å². The predicted octanol–water partition coefficient (Wildman–Crippen LogP) is 0.954. The highest BCUT2D eigenvalue weighted by atomic mass is 19.1. The van der Waals surface area contributed by atoms with E-state index in [2.05, 4.69) is 10.3 Å². The van der Waals surface area contributed by atoms with E-state index in [0.717, 1.165) is 0 Å². The second-order valence-corrected chi connectivity index (χ2v) is 4.02. The minimum absolute atomic E-state index is 0.0721. The summed E-state index contributed by atoms with van der Waals surface area (Å²) in [7, 11) is 0. The van der Waals surface area contributed by atoms with Crippen LogP contribution < -0.4 is 5.32 Å². The first-order chi connectivity index (χ1) is 9.04. The van der Waals surface area contributed by atoms with Crippen LogP contribution >= 0.6 is 0 Å². The van der Waals surface area contributed by atoms with Crippen LogP contribution in [-0.2, 0) is 16.1 Å². The molecule has 0 radical (unpaired) electrons. The Bertz CT molecular complexity index is 624. The van der Waals surface area contributed by atoms with Crippen molar-refractivity contribution in [2.24, 2.45) is 0 Å². The molecule has 6 nitrogen and oxygen atoms in total. The summed E-state index contributed by atoms with van der Waals surface area (Å²) >= 11 is 0. The molecular weight excluding hydrogens is 253 g/mol. The van der Waals surface area contributed by atoms with Crippen LogP contribution in [0.1, 0.15) is 18.5 Å². The van der Waals surface area contributed by atoms with Gasteiger partial charge in [0.05, 0.1) is 18.7 Å². The topological polar surface area (TPSA) is 83.7 Å². The number of hydrogen-bond donors (Lipinski definition) is 2. The third-order valence-corrected chi connectivity index (χ3v) is 2.50. The van der Waals surface area contributed by atoms with Crippen LogP contribution in [-0.4, -0.2) is 26.4 Å². The Morgan fingerprint density at radius 2 is 2.11 bits per heavy atom. The minimum Gasteiger partial charge on any atom is -0.481 e. The zero-order chi connectivity index (χ0) is 13.8. The number of carboxylic acids is 1. The molecule has 0 aliphatic carbocycles. The van der Waals surface area contributed by atoms with E-state index in [1.165, 1.54) is 22.7 Å². The van der Waals surface area contributed by atoms with Gasteiger partial charge in [-0.2, -0.15) is 0 Å². The van der Waals surface area contributed by atoms with Crippen molar-refractivity contribution in [3.8, 4) is 0 Å². The molecule has 0 atom stereocenters. The third-order valence-electron chi connectivity index (χ3n) is 2.50. The smallest absolute Gasteiger partial charge is 0.303 e. The molecule has 1 amide bonds. The Morgan fingerprint density at radius 3 is 2.84 bits per heavy atom. The molecule has 0 saturated heterocycles. The lowest BCUT2D eigenvalue weighted by atomic mass is 10.3.